The van der Waals surface area contributed by atoms with Crippen molar-refractivity contribution in [3.05, 3.63) is 18.2 Å². The number of hydrogen-bond acceptors (Lipinski definition) is 2. The number of rotatable bonds is 5. The summed E-state index contributed by atoms with van der Waals surface area (Å²) < 4.78 is 2.10. The predicted molar refractivity (Wildman–Crippen MR) is 71.0 cm³/mol. The lowest BCUT2D eigenvalue weighted by atomic mass is 9.76. The van der Waals surface area contributed by atoms with Crippen LogP contribution < -0.4 is 5.32 Å². The molecule has 96 valence electrons. The van der Waals surface area contributed by atoms with Crippen LogP contribution in [0, 0.1) is 5.41 Å². The van der Waals surface area contributed by atoms with Crippen LogP contribution >= 0.6 is 0 Å². The number of nitrogens with one attached hydrogen (secondary N) is 1. The minimum Gasteiger partial charge on any atom is -0.338 e. The normalized spacial score (nSPS) is 19.4. The number of aromatic nitrogens is 2. The highest BCUT2D eigenvalue weighted by molar-refractivity contribution is 4.91. The lowest BCUT2D eigenvalue weighted by Gasteiger charge is -2.33. The highest BCUT2D eigenvalue weighted by atomic mass is 15.0. The van der Waals surface area contributed by atoms with E-state index in [1.54, 1.807) is 0 Å². The minimum absolute atomic E-state index is 0.542. The Morgan fingerprint density at radius 2 is 2.12 bits per heavy atom. The highest BCUT2D eigenvalue weighted by Gasteiger charge is 2.25. The molecule has 3 nitrogen and oxygen atoms in total. The van der Waals surface area contributed by atoms with E-state index in [9.17, 15) is 0 Å². The first-order chi connectivity index (χ1) is 8.20. The summed E-state index contributed by atoms with van der Waals surface area (Å²) in [6, 6.07) is 0. The highest BCUT2D eigenvalue weighted by Crippen LogP contribution is 2.34. The van der Waals surface area contributed by atoms with Gasteiger partial charge in [0.2, 0.25) is 0 Å². The quantitative estimate of drug-likeness (QED) is 0.795. The van der Waals surface area contributed by atoms with Gasteiger partial charge >= 0.3 is 0 Å². The Bertz CT molecular complexity index is 337. The first-order valence-electron chi connectivity index (χ1n) is 6.87. The molecule has 0 spiro atoms. The van der Waals surface area contributed by atoms with E-state index in [-0.39, 0.29) is 0 Å². The molecule has 1 fully saturated rings. The summed E-state index contributed by atoms with van der Waals surface area (Å²) in [6.45, 7) is 4.64. The SMILES string of the molecule is Cn1ccnc1CCNCC1(C)CCCCC1. The molecule has 3 heteroatoms. The van der Waals surface area contributed by atoms with Gasteiger partial charge in [-0.1, -0.05) is 26.2 Å². The van der Waals surface area contributed by atoms with Crippen LogP contribution in [0.3, 0.4) is 0 Å². The van der Waals surface area contributed by atoms with E-state index in [2.05, 4.69) is 28.8 Å². The third kappa shape index (κ3) is 3.56. The lowest BCUT2D eigenvalue weighted by Crippen LogP contribution is -2.34. The molecule has 1 N–H and O–H groups in total. The topological polar surface area (TPSA) is 29.9 Å². The Balaban J connectivity index is 1.67. The van der Waals surface area contributed by atoms with Crippen molar-refractivity contribution in [1.82, 2.24) is 14.9 Å². The van der Waals surface area contributed by atoms with E-state index in [1.807, 2.05) is 12.4 Å². The fourth-order valence-corrected chi connectivity index (χ4v) is 2.81. The molecule has 1 heterocycles. The van der Waals surface area contributed by atoms with Crippen LogP contribution in [0.2, 0.25) is 0 Å². The van der Waals surface area contributed by atoms with Crippen LogP contribution in [0.15, 0.2) is 12.4 Å². The van der Waals surface area contributed by atoms with Gasteiger partial charge in [-0.15, -0.1) is 0 Å². The van der Waals surface area contributed by atoms with Gasteiger partial charge in [-0.05, 0) is 18.3 Å². The van der Waals surface area contributed by atoms with Crippen molar-refractivity contribution in [3.8, 4) is 0 Å². The van der Waals surface area contributed by atoms with Gasteiger partial charge in [0.05, 0.1) is 0 Å². The van der Waals surface area contributed by atoms with Crippen LogP contribution in [-0.2, 0) is 13.5 Å². The van der Waals surface area contributed by atoms with Crippen LogP contribution in [0.1, 0.15) is 44.9 Å². The zero-order valence-electron chi connectivity index (χ0n) is 11.2. The third-order valence-corrected chi connectivity index (χ3v) is 4.06. The molecule has 17 heavy (non-hydrogen) atoms. The predicted octanol–water partition coefficient (Wildman–Crippen LogP) is 2.52. The molecule has 1 aromatic heterocycles. The van der Waals surface area contributed by atoms with E-state index in [0.717, 1.165) is 19.5 Å². The molecule has 1 aliphatic carbocycles. The van der Waals surface area contributed by atoms with E-state index in [4.69, 9.17) is 0 Å². The Kier molecular flexibility index (Phi) is 4.21. The molecule has 0 bridgehead atoms. The Morgan fingerprint density at radius 3 is 2.76 bits per heavy atom. The van der Waals surface area contributed by atoms with Crippen molar-refractivity contribution < 1.29 is 0 Å². The second-order valence-corrected chi connectivity index (χ2v) is 5.75. The fraction of sp³-hybridized carbons (Fsp3) is 0.786. The zero-order chi connectivity index (χ0) is 12.1. The van der Waals surface area contributed by atoms with Crippen LogP contribution in [0.25, 0.3) is 0 Å². The number of nitrogens with zero attached hydrogens (tertiary/aromatic N) is 2. The summed E-state index contributed by atoms with van der Waals surface area (Å²) in [6.07, 6.45) is 12.0. The van der Waals surface area contributed by atoms with Gasteiger partial charge in [0.25, 0.3) is 0 Å². The van der Waals surface area contributed by atoms with Crippen molar-refractivity contribution >= 4 is 0 Å². The molecule has 0 amide bonds. The van der Waals surface area contributed by atoms with E-state index >= 15 is 0 Å². The molecule has 1 saturated carbocycles. The van der Waals surface area contributed by atoms with Gasteiger partial charge in [-0.25, -0.2) is 4.98 Å². The largest absolute Gasteiger partial charge is 0.338 e. The first kappa shape index (κ1) is 12.6. The molecule has 0 saturated heterocycles. The van der Waals surface area contributed by atoms with Crippen LogP contribution in [0.5, 0.6) is 0 Å². The summed E-state index contributed by atoms with van der Waals surface area (Å²) in [5.74, 6) is 1.17. The lowest BCUT2D eigenvalue weighted by molar-refractivity contribution is 0.208. The van der Waals surface area contributed by atoms with Crippen molar-refractivity contribution in [2.45, 2.75) is 45.4 Å². The molecular weight excluding hydrogens is 210 g/mol. The van der Waals surface area contributed by atoms with Crippen molar-refractivity contribution in [3.63, 3.8) is 0 Å². The summed E-state index contributed by atoms with van der Waals surface area (Å²) in [5.41, 5.74) is 0.542. The summed E-state index contributed by atoms with van der Waals surface area (Å²) in [5, 5.41) is 3.61. The standard InChI is InChI=1S/C14H25N3/c1-14(7-4-3-5-8-14)12-15-9-6-13-16-10-11-17(13)2/h10-11,15H,3-9,12H2,1-2H3. The van der Waals surface area contributed by atoms with Gasteiger partial charge < -0.3 is 9.88 Å². The maximum Gasteiger partial charge on any atom is 0.109 e. The fourth-order valence-electron chi connectivity index (χ4n) is 2.81. The molecule has 0 unspecified atom stereocenters. The van der Waals surface area contributed by atoms with E-state index in [1.165, 1.54) is 37.9 Å². The van der Waals surface area contributed by atoms with Crippen LogP contribution in [0.4, 0.5) is 0 Å². The average molecular weight is 235 g/mol. The molecule has 0 radical (unpaired) electrons. The minimum atomic E-state index is 0.542. The maximum atomic E-state index is 4.34. The summed E-state index contributed by atoms with van der Waals surface area (Å²) in [4.78, 5) is 4.34. The van der Waals surface area contributed by atoms with E-state index < -0.39 is 0 Å². The Labute approximate surface area is 105 Å². The third-order valence-electron chi connectivity index (χ3n) is 4.06. The first-order valence-corrected chi connectivity index (χ1v) is 6.87. The van der Waals surface area contributed by atoms with Crippen molar-refractivity contribution in [1.29, 1.82) is 0 Å². The van der Waals surface area contributed by atoms with Gasteiger partial charge in [-0.2, -0.15) is 0 Å². The molecular formula is C14H25N3. The van der Waals surface area contributed by atoms with Crippen LogP contribution in [-0.4, -0.2) is 22.6 Å². The van der Waals surface area contributed by atoms with Gasteiger partial charge in [-0.3, -0.25) is 0 Å². The Morgan fingerprint density at radius 1 is 1.35 bits per heavy atom. The molecule has 0 atom stereocenters. The van der Waals surface area contributed by atoms with Gasteiger partial charge in [0.15, 0.2) is 0 Å². The maximum absolute atomic E-state index is 4.34. The van der Waals surface area contributed by atoms with Gasteiger partial charge in [0, 0.05) is 39.0 Å². The summed E-state index contributed by atoms with van der Waals surface area (Å²) in [7, 11) is 2.06. The summed E-state index contributed by atoms with van der Waals surface area (Å²) >= 11 is 0. The average Bonchev–Trinajstić information content (AvgIpc) is 2.72. The molecule has 1 aliphatic rings. The van der Waals surface area contributed by atoms with Crippen molar-refractivity contribution in [2.24, 2.45) is 12.5 Å². The van der Waals surface area contributed by atoms with E-state index in [0.29, 0.717) is 5.41 Å². The smallest absolute Gasteiger partial charge is 0.109 e. The van der Waals surface area contributed by atoms with Crippen molar-refractivity contribution in [2.75, 3.05) is 13.1 Å². The molecule has 0 aromatic carbocycles. The molecule has 0 aliphatic heterocycles. The zero-order valence-corrected chi connectivity index (χ0v) is 11.2. The number of aryl methyl sites for hydroxylation is 1. The molecule has 1 aromatic rings. The number of imidazole rings is 1. The molecule has 2 rings (SSSR count). The number of hydrogen-bond donors (Lipinski definition) is 1. The second-order valence-electron chi connectivity index (χ2n) is 5.75. The van der Waals surface area contributed by atoms with Gasteiger partial charge in [0.1, 0.15) is 5.82 Å². The Hall–Kier alpha value is -0.830. The second kappa shape index (κ2) is 5.67. The monoisotopic (exact) mass is 235 g/mol.